The summed E-state index contributed by atoms with van der Waals surface area (Å²) < 4.78 is 10.6. The Morgan fingerprint density at radius 3 is 2.65 bits per heavy atom. The largest absolute Gasteiger partial charge is 0.508 e. The van der Waals surface area contributed by atoms with Crippen LogP contribution in [0.2, 0.25) is 0 Å². The smallest absolute Gasteiger partial charge is 0.347 e. The topological polar surface area (TPSA) is 84.9 Å². The van der Waals surface area contributed by atoms with Crippen LogP contribution < -0.4 is 5.32 Å². The van der Waals surface area contributed by atoms with E-state index in [4.69, 9.17) is 9.47 Å². The maximum absolute atomic E-state index is 12.7. The number of anilines is 1. The Hall–Kier alpha value is -3.54. The lowest BCUT2D eigenvalue weighted by Crippen LogP contribution is -2.16. The van der Waals surface area contributed by atoms with E-state index in [1.165, 1.54) is 18.2 Å². The summed E-state index contributed by atoms with van der Waals surface area (Å²) in [5, 5.41) is 12.5. The summed E-state index contributed by atoms with van der Waals surface area (Å²) in [5.41, 5.74) is 1.04. The van der Waals surface area contributed by atoms with Gasteiger partial charge in [-0.2, -0.15) is 0 Å². The molecule has 0 unspecified atom stereocenters. The SMILES string of the molecule is CCOC(=O)C1=C(Nc2ccccc2)OC(=Cc2cccc(O)c2)C1=O. The van der Waals surface area contributed by atoms with Crippen LogP contribution in [0.25, 0.3) is 6.08 Å². The van der Waals surface area contributed by atoms with Gasteiger partial charge >= 0.3 is 5.97 Å². The first-order valence-corrected chi connectivity index (χ1v) is 8.05. The fraction of sp³-hybridized carbons (Fsp3) is 0.100. The number of hydrogen-bond donors (Lipinski definition) is 2. The van der Waals surface area contributed by atoms with E-state index >= 15 is 0 Å². The molecule has 0 fully saturated rings. The molecule has 0 atom stereocenters. The van der Waals surface area contributed by atoms with Gasteiger partial charge in [0.2, 0.25) is 11.7 Å². The van der Waals surface area contributed by atoms with Crippen LogP contribution in [0.1, 0.15) is 12.5 Å². The molecule has 6 heteroatoms. The number of benzene rings is 2. The molecule has 0 aromatic heterocycles. The van der Waals surface area contributed by atoms with Gasteiger partial charge in [-0.3, -0.25) is 4.79 Å². The third-order valence-electron chi connectivity index (χ3n) is 3.57. The van der Waals surface area contributed by atoms with Crippen LogP contribution in [0, 0.1) is 0 Å². The lowest BCUT2D eigenvalue weighted by atomic mass is 10.1. The van der Waals surface area contributed by atoms with Crippen molar-refractivity contribution in [2.24, 2.45) is 0 Å². The van der Waals surface area contributed by atoms with E-state index in [0.717, 1.165) is 0 Å². The molecule has 0 aliphatic carbocycles. The van der Waals surface area contributed by atoms with Gasteiger partial charge in [-0.15, -0.1) is 0 Å². The van der Waals surface area contributed by atoms with Crippen LogP contribution in [-0.4, -0.2) is 23.5 Å². The number of nitrogens with one attached hydrogen (secondary N) is 1. The number of aromatic hydroxyl groups is 1. The fourth-order valence-corrected chi connectivity index (χ4v) is 2.42. The second-order valence-corrected chi connectivity index (χ2v) is 5.45. The summed E-state index contributed by atoms with van der Waals surface area (Å²) in [4.78, 5) is 24.9. The number of phenolic OH excluding ortho intramolecular Hbond substituents is 1. The molecule has 2 N–H and O–H groups in total. The summed E-state index contributed by atoms with van der Waals surface area (Å²) in [5.74, 6) is -1.28. The van der Waals surface area contributed by atoms with Gasteiger partial charge in [0.15, 0.2) is 11.3 Å². The zero-order chi connectivity index (χ0) is 18.5. The average Bonchev–Trinajstić information content (AvgIpc) is 2.91. The van der Waals surface area contributed by atoms with E-state index in [2.05, 4.69) is 5.32 Å². The second kappa shape index (κ2) is 7.57. The monoisotopic (exact) mass is 351 g/mol. The number of allylic oxidation sites excluding steroid dienone is 1. The van der Waals surface area contributed by atoms with Crippen LogP contribution in [-0.2, 0) is 19.1 Å². The first kappa shape index (κ1) is 17.3. The highest BCUT2D eigenvalue weighted by molar-refractivity contribution is 6.26. The van der Waals surface area contributed by atoms with Crippen molar-refractivity contribution in [3.63, 3.8) is 0 Å². The minimum Gasteiger partial charge on any atom is -0.508 e. The summed E-state index contributed by atoms with van der Waals surface area (Å²) in [6.07, 6.45) is 1.46. The molecule has 132 valence electrons. The molecule has 2 aromatic rings. The molecule has 3 rings (SSSR count). The summed E-state index contributed by atoms with van der Waals surface area (Å²) in [6, 6.07) is 15.4. The van der Waals surface area contributed by atoms with E-state index < -0.39 is 11.8 Å². The minimum atomic E-state index is -0.754. The van der Waals surface area contributed by atoms with Crippen molar-refractivity contribution in [2.75, 3.05) is 11.9 Å². The molecule has 0 radical (unpaired) electrons. The van der Waals surface area contributed by atoms with Crippen molar-refractivity contribution in [1.82, 2.24) is 0 Å². The Balaban J connectivity index is 1.94. The van der Waals surface area contributed by atoms with Gasteiger partial charge < -0.3 is 19.9 Å². The molecule has 1 heterocycles. The third kappa shape index (κ3) is 3.75. The Labute approximate surface area is 150 Å². The van der Waals surface area contributed by atoms with Gasteiger partial charge in [-0.1, -0.05) is 30.3 Å². The maximum atomic E-state index is 12.7. The highest BCUT2D eigenvalue weighted by Crippen LogP contribution is 2.29. The normalized spacial score (nSPS) is 15.1. The average molecular weight is 351 g/mol. The molecule has 0 saturated carbocycles. The lowest BCUT2D eigenvalue weighted by molar-refractivity contribution is -0.139. The van der Waals surface area contributed by atoms with Crippen molar-refractivity contribution >= 4 is 23.5 Å². The Morgan fingerprint density at radius 2 is 1.96 bits per heavy atom. The zero-order valence-corrected chi connectivity index (χ0v) is 14.1. The summed E-state index contributed by atoms with van der Waals surface area (Å²) >= 11 is 0. The second-order valence-electron chi connectivity index (χ2n) is 5.45. The number of hydrogen-bond acceptors (Lipinski definition) is 6. The van der Waals surface area contributed by atoms with E-state index in [1.807, 2.05) is 18.2 Å². The van der Waals surface area contributed by atoms with Crippen LogP contribution in [0.3, 0.4) is 0 Å². The number of esters is 1. The van der Waals surface area contributed by atoms with Gasteiger partial charge in [0, 0.05) is 5.69 Å². The van der Waals surface area contributed by atoms with Crippen molar-refractivity contribution in [1.29, 1.82) is 0 Å². The number of ketones is 1. The number of rotatable bonds is 5. The molecule has 1 aliphatic heterocycles. The number of carbonyl (C=O) groups is 2. The van der Waals surface area contributed by atoms with Crippen molar-refractivity contribution < 1.29 is 24.2 Å². The van der Waals surface area contributed by atoms with Crippen LogP contribution >= 0.6 is 0 Å². The number of carbonyl (C=O) groups excluding carboxylic acids is 2. The molecule has 0 bridgehead atoms. The lowest BCUT2D eigenvalue weighted by Gasteiger charge is -2.08. The van der Waals surface area contributed by atoms with E-state index in [-0.39, 0.29) is 29.6 Å². The number of ether oxygens (including phenoxy) is 2. The van der Waals surface area contributed by atoms with Gasteiger partial charge in [0.05, 0.1) is 6.61 Å². The maximum Gasteiger partial charge on any atom is 0.347 e. The standard InChI is InChI=1S/C20H17NO5/c1-2-25-20(24)17-18(23)16(12-13-7-6-10-15(22)11-13)26-19(17)21-14-8-4-3-5-9-14/h3-12,21-22H,2H2,1H3. The Bertz CT molecular complexity index is 899. The quantitative estimate of drug-likeness (QED) is 0.489. The molecule has 0 saturated heterocycles. The highest BCUT2D eigenvalue weighted by Gasteiger charge is 2.36. The molecular formula is C20H17NO5. The van der Waals surface area contributed by atoms with Crippen molar-refractivity contribution in [3.05, 3.63) is 77.4 Å². The van der Waals surface area contributed by atoms with Crippen LogP contribution in [0.4, 0.5) is 5.69 Å². The van der Waals surface area contributed by atoms with E-state index in [1.54, 1.807) is 31.2 Å². The molecule has 0 amide bonds. The molecule has 0 spiro atoms. The van der Waals surface area contributed by atoms with Crippen molar-refractivity contribution in [2.45, 2.75) is 6.92 Å². The molecule has 26 heavy (non-hydrogen) atoms. The predicted octanol–water partition coefficient (Wildman–Crippen LogP) is 3.22. The van der Waals surface area contributed by atoms with Gasteiger partial charge in [0.25, 0.3) is 0 Å². The van der Waals surface area contributed by atoms with Crippen LogP contribution in [0.15, 0.2) is 71.8 Å². The zero-order valence-electron chi connectivity index (χ0n) is 14.1. The minimum absolute atomic E-state index is 0.0195. The predicted molar refractivity (Wildman–Crippen MR) is 95.9 cm³/mol. The Morgan fingerprint density at radius 1 is 1.19 bits per heavy atom. The van der Waals surface area contributed by atoms with Crippen LogP contribution in [0.5, 0.6) is 5.75 Å². The first-order chi connectivity index (χ1) is 12.6. The molecule has 2 aromatic carbocycles. The molecule has 1 aliphatic rings. The van der Waals surface area contributed by atoms with E-state index in [0.29, 0.717) is 11.3 Å². The molecule has 6 nitrogen and oxygen atoms in total. The number of para-hydroxylation sites is 1. The number of phenols is 1. The van der Waals surface area contributed by atoms with Crippen molar-refractivity contribution in [3.8, 4) is 5.75 Å². The van der Waals surface area contributed by atoms with Gasteiger partial charge in [-0.25, -0.2) is 4.79 Å². The Kier molecular flexibility index (Phi) is 5.03. The summed E-state index contributed by atoms with van der Waals surface area (Å²) in [7, 11) is 0. The summed E-state index contributed by atoms with van der Waals surface area (Å²) in [6.45, 7) is 1.80. The third-order valence-corrected chi connectivity index (χ3v) is 3.57. The van der Waals surface area contributed by atoms with E-state index in [9.17, 15) is 14.7 Å². The highest BCUT2D eigenvalue weighted by atomic mass is 16.5. The first-order valence-electron chi connectivity index (χ1n) is 8.05. The fourth-order valence-electron chi connectivity index (χ4n) is 2.42. The van der Waals surface area contributed by atoms with Gasteiger partial charge in [-0.05, 0) is 42.8 Å². The molecular weight excluding hydrogens is 334 g/mol. The van der Waals surface area contributed by atoms with Gasteiger partial charge in [0.1, 0.15) is 5.75 Å². The number of Topliss-reactive ketones (excluding diaryl/α,β-unsaturated/α-hetero) is 1.